The fourth-order valence-corrected chi connectivity index (χ4v) is 2.34. The Morgan fingerprint density at radius 3 is 2.64 bits per heavy atom. The third-order valence-corrected chi connectivity index (χ3v) is 3.57. The Balaban J connectivity index is 1.68. The molecule has 7 nitrogen and oxygen atoms in total. The van der Waals surface area contributed by atoms with Crippen molar-refractivity contribution in [3.05, 3.63) is 54.4 Å². The van der Waals surface area contributed by atoms with Crippen molar-refractivity contribution in [1.29, 1.82) is 0 Å². The van der Waals surface area contributed by atoms with Crippen molar-refractivity contribution < 1.29 is 14.3 Å². The van der Waals surface area contributed by atoms with E-state index in [0.717, 1.165) is 5.56 Å². The van der Waals surface area contributed by atoms with Crippen LogP contribution >= 0.6 is 0 Å². The van der Waals surface area contributed by atoms with Crippen molar-refractivity contribution in [1.82, 2.24) is 15.2 Å². The number of carbonyl (C=O) groups excluding carboxylic acids is 1. The third kappa shape index (κ3) is 3.95. The molecule has 0 aliphatic heterocycles. The lowest BCUT2D eigenvalue weighted by atomic mass is 10.2. The van der Waals surface area contributed by atoms with Crippen LogP contribution in [0, 0.1) is 0 Å². The van der Waals surface area contributed by atoms with E-state index >= 15 is 0 Å². The summed E-state index contributed by atoms with van der Waals surface area (Å²) in [7, 11) is 3.11. The highest BCUT2D eigenvalue weighted by atomic mass is 16.5. The number of nitrogens with zero attached hydrogens (tertiary/aromatic N) is 2. The van der Waals surface area contributed by atoms with E-state index in [1.165, 1.54) is 7.11 Å². The molecule has 1 aromatic heterocycles. The summed E-state index contributed by atoms with van der Waals surface area (Å²) in [6, 6.07) is 14.8. The number of amides is 1. The molecular weight excluding hydrogens is 320 g/mol. The van der Waals surface area contributed by atoms with E-state index in [1.807, 2.05) is 30.3 Å². The molecule has 7 heteroatoms. The Bertz CT molecular complexity index is 862. The normalized spacial score (nSPS) is 10.3. The van der Waals surface area contributed by atoms with E-state index in [1.54, 1.807) is 25.3 Å². The first-order chi connectivity index (χ1) is 12.2. The highest BCUT2D eigenvalue weighted by molar-refractivity contribution is 5.93. The van der Waals surface area contributed by atoms with Gasteiger partial charge in [-0.2, -0.15) is 5.10 Å². The molecule has 0 atom stereocenters. The second kappa shape index (κ2) is 7.48. The van der Waals surface area contributed by atoms with Gasteiger partial charge >= 0.3 is 0 Å². The number of benzene rings is 2. The summed E-state index contributed by atoms with van der Waals surface area (Å²) in [5.41, 5.74) is 1.46. The Morgan fingerprint density at radius 2 is 1.92 bits per heavy atom. The zero-order valence-electron chi connectivity index (χ0n) is 13.9. The molecule has 3 aromatic rings. The molecule has 25 heavy (non-hydrogen) atoms. The highest BCUT2D eigenvalue weighted by Gasteiger charge is 2.12. The number of ether oxygens (including phenoxy) is 2. The Labute approximate surface area is 145 Å². The molecule has 2 N–H and O–H groups in total. The maximum atomic E-state index is 12.3. The van der Waals surface area contributed by atoms with E-state index in [9.17, 15) is 4.79 Å². The molecule has 0 saturated heterocycles. The summed E-state index contributed by atoms with van der Waals surface area (Å²) in [5.74, 6) is 2.00. The van der Waals surface area contributed by atoms with Crippen LogP contribution in [0.5, 0.6) is 11.5 Å². The fourth-order valence-electron chi connectivity index (χ4n) is 2.34. The molecule has 0 spiro atoms. The first kappa shape index (κ1) is 16.5. The Morgan fingerprint density at radius 1 is 1.12 bits per heavy atom. The van der Waals surface area contributed by atoms with E-state index in [2.05, 4.69) is 20.5 Å². The van der Waals surface area contributed by atoms with Crippen molar-refractivity contribution in [2.24, 2.45) is 0 Å². The van der Waals surface area contributed by atoms with E-state index in [-0.39, 0.29) is 12.3 Å². The first-order valence-electron chi connectivity index (χ1n) is 7.68. The van der Waals surface area contributed by atoms with Crippen molar-refractivity contribution in [3.63, 3.8) is 0 Å². The number of carbonyl (C=O) groups is 1. The van der Waals surface area contributed by atoms with Gasteiger partial charge in [-0.1, -0.05) is 30.3 Å². The number of nitrogens with one attached hydrogen (secondary N) is 2. The number of H-pyrrole nitrogens is 1. The number of aromatic amines is 1. The molecule has 0 aliphatic rings. The standard InChI is InChI=1S/C18H18N4O3/c1-24-13-8-9-14(15(10-13)25-2)19-17(23)11-16-20-18(22-21-16)12-6-4-3-5-7-12/h3-10H,11H2,1-2H3,(H,19,23)(H,20,21,22). The second-order valence-electron chi connectivity index (χ2n) is 5.26. The number of hydrogen-bond donors (Lipinski definition) is 2. The SMILES string of the molecule is COc1ccc(NC(=O)Cc2nc(-c3ccccc3)n[nH]2)c(OC)c1. The van der Waals surface area contributed by atoms with Gasteiger partial charge in [0, 0.05) is 11.6 Å². The molecule has 3 rings (SSSR count). The van der Waals surface area contributed by atoms with E-state index in [4.69, 9.17) is 9.47 Å². The smallest absolute Gasteiger partial charge is 0.232 e. The van der Waals surface area contributed by atoms with E-state index < -0.39 is 0 Å². The largest absolute Gasteiger partial charge is 0.497 e. The van der Waals surface area contributed by atoms with Gasteiger partial charge in [-0.05, 0) is 12.1 Å². The monoisotopic (exact) mass is 338 g/mol. The second-order valence-corrected chi connectivity index (χ2v) is 5.26. The van der Waals surface area contributed by atoms with Gasteiger partial charge < -0.3 is 14.8 Å². The van der Waals surface area contributed by atoms with Crippen molar-refractivity contribution in [2.75, 3.05) is 19.5 Å². The van der Waals surface area contributed by atoms with Crippen LogP contribution in [0.3, 0.4) is 0 Å². The predicted molar refractivity (Wildman–Crippen MR) is 93.7 cm³/mol. The average Bonchev–Trinajstić information content (AvgIpc) is 3.11. The minimum atomic E-state index is -0.223. The van der Waals surface area contributed by atoms with Gasteiger partial charge in [-0.15, -0.1) is 0 Å². The van der Waals surface area contributed by atoms with Crippen LogP contribution < -0.4 is 14.8 Å². The maximum Gasteiger partial charge on any atom is 0.232 e. The first-order valence-corrected chi connectivity index (χ1v) is 7.68. The molecule has 2 aromatic carbocycles. The van der Waals surface area contributed by atoms with Crippen LogP contribution in [-0.2, 0) is 11.2 Å². The van der Waals surface area contributed by atoms with Crippen LogP contribution in [0.25, 0.3) is 11.4 Å². The number of anilines is 1. The van der Waals surface area contributed by atoms with E-state index in [0.29, 0.717) is 28.8 Å². The molecule has 0 fully saturated rings. The minimum Gasteiger partial charge on any atom is -0.497 e. The molecule has 1 heterocycles. The summed E-state index contributed by atoms with van der Waals surface area (Å²) in [6.07, 6.45) is 0.0784. The van der Waals surface area contributed by atoms with Gasteiger partial charge in [0.05, 0.1) is 26.3 Å². The molecule has 0 saturated carbocycles. The van der Waals surface area contributed by atoms with Crippen molar-refractivity contribution >= 4 is 11.6 Å². The summed E-state index contributed by atoms with van der Waals surface area (Å²) in [4.78, 5) is 16.6. The summed E-state index contributed by atoms with van der Waals surface area (Å²) >= 11 is 0. The quantitative estimate of drug-likeness (QED) is 0.721. The third-order valence-electron chi connectivity index (χ3n) is 3.57. The fraction of sp³-hybridized carbons (Fsp3) is 0.167. The lowest BCUT2D eigenvalue weighted by Gasteiger charge is -2.11. The lowest BCUT2D eigenvalue weighted by Crippen LogP contribution is -2.15. The molecule has 1 amide bonds. The molecule has 0 unspecified atom stereocenters. The molecule has 0 radical (unpaired) electrons. The average molecular weight is 338 g/mol. The molecular formula is C18H18N4O3. The molecule has 0 bridgehead atoms. The maximum absolute atomic E-state index is 12.3. The minimum absolute atomic E-state index is 0.0784. The molecule has 128 valence electrons. The van der Waals surface area contributed by atoms with Crippen molar-refractivity contribution in [3.8, 4) is 22.9 Å². The zero-order valence-corrected chi connectivity index (χ0v) is 13.9. The number of methoxy groups -OCH3 is 2. The van der Waals surface area contributed by atoms with Gasteiger partial charge in [0.15, 0.2) is 5.82 Å². The summed E-state index contributed by atoms with van der Waals surface area (Å²) in [5, 5.41) is 9.74. The highest BCUT2D eigenvalue weighted by Crippen LogP contribution is 2.29. The predicted octanol–water partition coefficient (Wildman–Crippen LogP) is 2.67. The lowest BCUT2D eigenvalue weighted by molar-refractivity contribution is -0.115. The Hall–Kier alpha value is -3.35. The van der Waals surface area contributed by atoms with Gasteiger partial charge in [0.25, 0.3) is 0 Å². The van der Waals surface area contributed by atoms with Crippen LogP contribution in [0.15, 0.2) is 48.5 Å². The van der Waals surface area contributed by atoms with Crippen LogP contribution in [-0.4, -0.2) is 35.3 Å². The van der Waals surface area contributed by atoms with Gasteiger partial charge in [0.1, 0.15) is 17.3 Å². The van der Waals surface area contributed by atoms with Crippen LogP contribution in [0.2, 0.25) is 0 Å². The topological polar surface area (TPSA) is 89.1 Å². The summed E-state index contributed by atoms with van der Waals surface area (Å²) < 4.78 is 10.4. The number of rotatable bonds is 6. The zero-order chi connectivity index (χ0) is 17.6. The van der Waals surface area contributed by atoms with Crippen LogP contribution in [0.1, 0.15) is 5.82 Å². The van der Waals surface area contributed by atoms with Crippen LogP contribution in [0.4, 0.5) is 5.69 Å². The molecule has 0 aliphatic carbocycles. The number of hydrogen-bond acceptors (Lipinski definition) is 5. The van der Waals surface area contributed by atoms with Gasteiger partial charge in [-0.25, -0.2) is 4.98 Å². The summed E-state index contributed by atoms with van der Waals surface area (Å²) in [6.45, 7) is 0. The van der Waals surface area contributed by atoms with Gasteiger partial charge in [-0.3, -0.25) is 9.89 Å². The number of aromatic nitrogens is 3. The van der Waals surface area contributed by atoms with Crippen molar-refractivity contribution in [2.45, 2.75) is 6.42 Å². The van der Waals surface area contributed by atoms with Gasteiger partial charge in [0.2, 0.25) is 5.91 Å². The Kier molecular flexibility index (Phi) is 4.94.